The fourth-order valence-electron chi connectivity index (χ4n) is 2.09. The molecular weight excluding hydrogens is 333 g/mol. The molecule has 0 saturated heterocycles. The third kappa shape index (κ3) is 4.83. The number of thiocarbonyl (C=S) groups is 1. The lowest BCUT2D eigenvalue weighted by molar-refractivity contribution is -0.137. The number of para-hydroxylation sites is 1. The number of allylic oxidation sites excluding steroid dienone is 1. The van der Waals surface area contributed by atoms with Crippen LogP contribution in [0.5, 0.6) is 0 Å². The van der Waals surface area contributed by atoms with E-state index in [1.54, 1.807) is 6.07 Å². The van der Waals surface area contributed by atoms with Gasteiger partial charge in [0, 0.05) is 17.9 Å². The Morgan fingerprint density at radius 3 is 2.46 bits per heavy atom. The number of hydrogen-bond acceptors (Lipinski definition) is 1. The highest BCUT2D eigenvalue weighted by atomic mass is 32.1. The summed E-state index contributed by atoms with van der Waals surface area (Å²) in [6.07, 6.45) is -0.570. The van der Waals surface area contributed by atoms with Crippen LogP contribution >= 0.6 is 12.2 Å². The van der Waals surface area contributed by atoms with Crippen molar-refractivity contribution in [2.45, 2.75) is 13.1 Å². The number of nitrogens with one attached hydrogen (secondary N) is 1. The van der Waals surface area contributed by atoms with Gasteiger partial charge in [0.25, 0.3) is 0 Å². The third-order valence-electron chi connectivity index (χ3n) is 3.28. The van der Waals surface area contributed by atoms with Crippen molar-refractivity contribution >= 4 is 28.7 Å². The van der Waals surface area contributed by atoms with E-state index in [1.165, 1.54) is 6.07 Å². The van der Waals surface area contributed by atoms with Crippen LogP contribution in [-0.2, 0) is 6.18 Å². The molecular formula is C18H17F3N2S. The number of anilines is 2. The van der Waals surface area contributed by atoms with Crippen LogP contribution in [0.15, 0.2) is 66.7 Å². The minimum atomic E-state index is -4.39. The molecule has 2 aromatic rings. The first kappa shape index (κ1) is 18.0. The van der Waals surface area contributed by atoms with Gasteiger partial charge in [0.1, 0.15) is 0 Å². The zero-order valence-corrected chi connectivity index (χ0v) is 13.9. The molecule has 0 aliphatic rings. The standard InChI is InChI=1S/C18H17F3N2S/c1-2-3-12-23(16-10-5-4-6-11-16)17(24)22-15-9-7-8-14(13-15)18(19,20)21/h2-11,13H,12H2,1H3,(H,22,24). The molecule has 0 aromatic heterocycles. The first-order chi connectivity index (χ1) is 11.4. The summed E-state index contributed by atoms with van der Waals surface area (Å²) < 4.78 is 38.4. The molecule has 0 bridgehead atoms. The van der Waals surface area contributed by atoms with E-state index in [-0.39, 0.29) is 0 Å². The van der Waals surface area contributed by atoms with Gasteiger partial charge in [-0.2, -0.15) is 13.2 Å². The van der Waals surface area contributed by atoms with Crippen molar-refractivity contribution in [3.8, 4) is 0 Å². The number of benzene rings is 2. The van der Waals surface area contributed by atoms with Gasteiger partial charge in [0.05, 0.1) is 5.56 Å². The lowest BCUT2D eigenvalue weighted by Crippen LogP contribution is -2.35. The van der Waals surface area contributed by atoms with E-state index < -0.39 is 11.7 Å². The fourth-order valence-corrected chi connectivity index (χ4v) is 2.39. The molecule has 0 saturated carbocycles. The summed E-state index contributed by atoms with van der Waals surface area (Å²) in [7, 11) is 0. The van der Waals surface area contributed by atoms with Crippen molar-refractivity contribution in [3.05, 3.63) is 72.3 Å². The normalized spacial score (nSPS) is 11.5. The zero-order chi connectivity index (χ0) is 17.6. The molecule has 2 rings (SSSR count). The third-order valence-corrected chi connectivity index (χ3v) is 3.60. The molecule has 0 heterocycles. The molecule has 0 aliphatic heterocycles. The van der Waals surface area contributed by atoms with Gasteiger partial charge in [-0.1, -0.05) is 36.4 Å². The highest BCUT2D eigenvalue weighted by molar-refractivity contribution is 7.80. The van der Waals surface area contributed by atoms with Crippen molar-refractivity contribution in [1.82, 2.24) is 0 Å². The van der Waals surface area contributed by atoms with E-state index >= 15 is 0 Å². The molecule has 6 heteroatoms. The second-order valence-corrected chi connectivity index (χ2v) is 5.41. The monoisotopic (exact) mass is 350 g/mol. The summed E-state index contributed by atoms with van der Waals surface area (Å²) in [6, 6.07) is 14.4. The summed E-state index contributed by atoms with van der Waals surface area (Å²) in [5.74, 6) is 0. The van der Waals surface area contributed by atoms with Crippen LogP contribution in [0, 0.1) is 0 Å². The van der Waals surface area contributed by atoms with Crippen molar-refractivity contribution in [2.75, 3.05) is 16.8 Å². The molecule has 0 atom stereocenters. The number of alkyl halides is 3. The summed E-state index contributed by atoms with van der Waals surface area (Å²) in [4.78, 5) is 1.82. The molecule has 126 valence electrons. The van der Waals surface area contributed by atoms with Crippen LogP contribution in [0.2, 0.25) is 0 Å². The molecule has 0 spiro atoms. The number of rotatable bonds is 4. The molecule has 0 fully saturated rings. The Morgan fingerprint density at radius 1 is 1.12 bits per heavy atom. The van der Waals surface area contributed by atoms with E-state index in [0.717, 1.165) is 17.8 Å². The SMILES string of the molecule is CC=CCN(C(=S)Nc1cccc(C(F)(F)F)c1)c1ccccc1. The van der Waals surface area contributed by atoms with Crippen molar-refractivity contribution in [1.29, 1.82) is 0 Å². The van der Waals surface area contributed by atoms with Gasteiger partial charge >= 0.3 is 6.18 Å². The van der Waals surface area contributed by atoms with Crippen LogP contribution in [0.4, 0.5) is 24.5 Å². The van der Waals surface area contributed by atoms with E-state index in [2.05, 4.69) is 5.32 Å². The topological polar surface area (TPSA) is 15.3 Å². The van der Waals surface area contributed by atoms with Gasteiger partial charge in [-0.25, -0.2) is 0 Å². The number of halogens is 3. The van der Waals surface area contributed by atoms with Crippen molar-refractivity contribution < 1.29 is 13.2 Å². The largest absolute Gasteiger partial charge is 0.416 e. The molecule has 0 aliphatic carbocycles. The maximum Gasteiger partial charge on any atom is 0.416 e. The lowest BCUT2D eigenvalue weighted by Gasteiger charge is -2.25. The first-order valence-electron chi connectivity index (χ1n) is 7.34. The smallest absolute Gasteiger partial charge is 0.332 e. The van der Waals surface area contributed by atoms with E-state index in [9.17, 15) is 13.2 Å². The summed E-state index contributed by atoms with van der Waals surface area (Å²) >= 11 is 5.39. The average Bonchev–Trinajstić information content (AvgIpc) is 2.55. The maximum absolute atomic E-state index is 12.8. The second kappa shape index (κ2) is 7.97. The van der Waals surface area contributed by atoms with E-state index in [1.807, 2.05) is 54.3 Å². The molecule has 0 amide bonds. The van der Waals surface area contributed by atoms with E-state index in [0.29, 0.717) is 17.3 Å². The average molecular weight is 350 g/mol. The Labute approximate surface area is 144 Å². The summed E-state index contributed by atoms with van der Waals surface area (Å²) in [6.45, 7) is 2.41. The fraction of sp³-hybridized carbons (Fsp3) is 0.167. The van der Waals surface area contributed by atoms with Gasteiger partial charge in [0.2, 0.25) is 0 Å². The Hall–Kier alpha value is -2.34. The number of hydrogen-bond donors (Lipinski definition) is 1. The predicted octanol–water partition coefficient (Wildman–Crippen LogP) is 5.48. The molecule has 2 nitrogen and oxygen atoms in total. The Bertz CT molecular complexity index is 712. The minimum Gasteiger partial charge on any atom is -0.332 e. The zero-order valence-electron chi connectivity index (χ0n) is 13.0. The number of nitrogens with zero attached hydrogens (tertiary/aromatic N) is 1. The highest BCUT2D eigenvalue weighted by Gasteiger charge is 2.30. The van der Waals surface area contributed by atoms with Crippen LogP contribution in [0.1, 0.15) is 12.5 Å². The van der Waals surface area contributed by atoms with Gasteiger partial charge in [0.15, 0.2) is 5.11 Å². The Balaban J connectivity index is 2.22. The first-order valence-corrected chi connectivity index (χ1v) is 7.74. The Morgan fingerprint density at radius 2 is 1.83 bits per heavy atom. The molecule has 2 aromatic carbocycles. The summed E-state index contributed by atoms with van der Waals surface area (Å²) in [5.41, 5.74) is 0.450. The molecule has 0 radical (unpaired) electrons. The quantitative estimate of drug-likeness (QED) is 0.580. The Kier molecular flexibility index (Phi) is 5.98. The molecule has 1 N–H and O–H groups in total. The van der Waals surface area contributed by atoms with Gasteiger partial charge in [-0.05, 0) is 49.5 Å². The van der Waals surface area contributed by atoms with Crippen molar-refractivity contribution in [3.63, 3.8) is 0 Å². The molecule has 24 heavy (non-hydrogen) atoms. The molecule has 0 unspecified atom stereocenters. The highest BCUT2D eigenvalue weighted by Crippen LogP contribution is 2.30. The maximum atomic E-state index is 12.8. The van der Waals surface area contributed by atoms with E-state index in [4.69, 9.17) is 12.2 Å². The van der Waals surface area contributed by atoms with Crippen LogP contribution in [0.25, 0.3) is 0 Å². The summed E-state index contributed by atoms with van der Waals surface area (Å²) in [5, 5.41) is 3.22. The van der Waals surface area contributed by atoms with Gasteiger partial charge < -0.3 is 10.2 Å². The predicted molar refractivity (Wildman–Crippen MR) is 96.3 cm³/mol. The van der Waals surface area contributed by atoms with Crippen molar-refractivity contribution in [2.24, 2.45) is 0 Å². The van der Waals surface area contributed by atoms with Gasteiger partial charge in [-0.15, -0.1) is 0 Å². The van der Waals surface area contributed by atoms with Crippen LogP contribution < -0.4 is 10.2 Å². The second-order valence-electron chi connectivity index (χ2n) is 5.02. The minimum absolute atomic E-state index is 0.302. The van der Waals surface area contributed by atoms with Crippen LogP contribution in [-0.4, -0.2) is 11.7 Å². The lowest BCUT2D eigenvalue weighted by atomic mass is 10.2. The van der Waals surface area contributed by atoms with Gasteiger partial charge in [-0.3, -0.25) is 0 Å². The van der Waals surface area contributed by atoms with Crippen LogP contribution in [0.3, 0.4) is 0 Å².